The minimum atomic E-state index is -0.108. The Labute approximate surface area is 136 Å². The quantitative estimate of drug-likeness (QED) is 0.947. The van der Waals surface area contributed by atoms with E-state index in [2.05, 4.69) is 19.2 Å². The van der Waals surface area contributed by atoms with Crippen LogP contribution in [0.4, 0.5) is 0 Å². The third kappa shape index (κ3) is 3.31. The summed E-state index contributed by atoms with van der Waals surface area (Å²) in [7, 11) is 0. The van der Waals surface area contributed by atoms with Crippen molar-refractivity contribution in [2.75, 3.05) is 0 Å². The number of hydrogen-bond donors (Lipinski definition) is 1. The lowest BCUT2D eigenvalue weighted by molar-refractivity contribution is -0.123. The Hall–Kier alpha value is -2.10. The monoisotopic (exact) mass is 312 g/mol. The third-order valence-electron chi connectivity index (χ3n) is 5.25. The molecule has 1 N–H and O–H groups in total. The van der Waals surface area contributed by atoms with E-state index < -0.39 is 0 Å². The van der Waals surface area contributed by atoms with Crippen LogP contribution in [0, 0.1) is 11.8 Å². The molecule has 3 rings (SSSR count). The zero-order valence-electron chi connectivity index (χ0n) is 13.8. The molecule has 0 bridgehead atoms. The average molecular weight is 312 g/mol. The molecule has 0 aliphatic heterocycles. The van der Waals surface area contributed by atoms with Crippen LogP contribution in [0.25, 0.3) is 10.8 Å². The van der Waals surface area contributed by atoms with Crippen LogP contribution < -0.4 is 10.9 Å². The van der Waals surface area contributed by atoms with E-state index in [0.29, 0.717) is 17.2 Å². The van der Waals surface area contributed by atoms with Gasteiger partial charge in [0.1, 0.15) is 6.54 Å². The van der Waals surface area contributed by atoms with Gasteiger partial charge in [0.2, 0.25) is 5.91 Å². The van der Waals surface area contributed by atoms with Gasteiger partial charge in [-0.1, -0.05) is 44.9 Å². The summed E-state index contributed by atoms with van der Waals surface area (Å²) in [4.78, 5) is 24.8. The molecule has 2 aromatic rings. The number of carbonyl (C=O) groups is 1. The molecule has 1 aromatic carbocycles. The summed E-state index contributed by atoms with van der Waals surface area (Å²) in [5, 5.41) is 4.69. The second-order valence-electron chi connectivity index (χ2n) is 6.78. The molecule has 0 radical (unpaired) electrons. The summed E-state index contributed by atoms with van der Waals surface area (Å²) in [6.45, 7) is 4.54. The first-order valence-corrected chi connectivity index (χ1v) is 8.44. The van der Waals surface area contributed by atoms with Crippen molar-refractivity contribution in [2.24, 2.45) is 11.8 Å². The summed E-state index contributed by atoms with van der Waals surface area (Å²) in [5.41, 5.74) is -0.108. The first-order valence-electron chi connectivity index (χ1n) is 8.44. The van der Waals surface area contributed by atoms with Gasteiger partial charge in [-0.15, -0.1) is 0 Å². The van der Waals surface area contributed by atoms with E-state index in [1.807, 2.05) is 24.3 Å². The number of aromatic nitrogens is 1. The smallest absolute Gasteiger partial charge is 0.258 e. The van der Waals surface area contributed by atoms with E-state index in [1.165, 1.54) is 11.0 Å². The first-order chi connectivity index (χ1) is 11.1. The second kappa shape index (κ2) is 6.57. The number of benzene rings is 1. The Morgan fingerprint density at radius 1 is 1.22 bits per heavy atom. The van der Waals surface area contributed by atoms with Gasteiger partial charge >= 0.3 is 0 Å². The van der Waals surface area contributed by atoms with Crippen LogP contribution in [-0.4, -0.2) is 16.5 Å². The Morgan fingerprint density at radius 2 is 2.00 bits per heavy atom. The Kier molecular flexibility index (Phi) is 4.51. The molecule has 1 aliphatic carbocycles. The zero-order valence-corrected chi connectivity index (χ0v) is 13.8. The lowest BCUT2D eigenvalue weighted by atomic mass is 9.78. The van der Waals surface area contributed by atoms with E-state index >= 15 is 0 Å². The molecular formula is C19H24N2O2. The summed E-state index contributed by atoms with van der Waals surface area (Å²) in [5.74, 6) is 1.05. The van der Waals surface area contributed by atoms with Gasteiger partial charge in [-0.3, -0.25) is 9.59 Å². The van der Waals surface area contributed by atoms with Gasteiger partial charge in [0, 0.05) is 17.6 Å². The van der Waals surface area contributed by atoms with Gasteiger partial charge in [0.05, 0.1) is 0 Å². The molecule has 1 fully saturated rings. The van der Waals surface area contributed by atoms with Gasteiger partial charge in [0.15, 0.2) is 0 Å². The molecule has 122 valence electrons. The molecule has 1 aliphatic rings. The van der Waals surface area contributed by atoms with Gasteiger partial charge < -0.3 is 9.88 Å². The molecule has 4 nitrogen and oxygen atoms in total. The highest BCUT2D eigenvalue weighted by Gasteiger charge is 2.28. The fourth-order valence-corrected chi connectivity index (χ4v) is 3.55. The standard InChI is InChI=1S/C19H24N2O2/c1-13-6-5-9-17(14(13)2)20-18(22)12-21-11-10-15-7-3-4-8-16(15)19(21)23/h3-4,7-8,10-11,13-14,17H,5-6,9,12H2,1-2H3,(H,20,22). The highest BCUT2D eigenvalue weighted by atomic mass is 16.2. The Bertz CT molecular complexity index is 765. The third-order valence-corrected chi connectivity index (χ3v) is 5.25. The Morgan fingerprint density at radius 3 is 2.83 bits per heavy atom. The summed E-state index contributed by atoms with van der Waals surface area (Å²) in [6.07, 6.45) is 5.13. The maximum atomic E-state index is 12.5. The number of amides is 1. The van der Waals surface area contributed by atoms with Crippen molar-refractivity contribution in [2.45, 2.75) is 45.7 Å². The summed E-state index contributed by atoms with van der Waals surface area (Å²) in [6, 6.07) is 9.57. The lowest BCUT2D eigenvalue weighted by Gasteiger charge is -2.34. The highest BCUT2D eigenvalue weighted by molar-refractivity contribution is 5.82. The maximum Gasteiger partial charge on any atom is 0.258 e. The maximum absolute atomic E-state index is 12.5. The minimum absolute atomic E-state index is 0.0756. The normalized spacial score (nSPS) is 24.5. The van der Waals surface area contributed by atoms with Crippen LogP contribution in [-0.2, 0) is 11.3 Å². The van der Waals surface area contributed by atoms with E-state index in [4.69, 9.17) is 0 Å². The van der Waals surface area contributed by atoms with Crippen LogP contribution in [0.5, 0.6) is 0 Å². The second-order valence-corrected chi connectivity index (χ2v) is 6.78. The van der Waals surface area contributed by atoms with Crippen molar-refractivity contribution in [3.05, 3.63) is 46.9 Å². The first kappa shape index (κ1) is 15.8. The molecule has 0 saturated heterocycles. The van der Waals surface area contributed by atoms with Crippen molar-refractivity contribution in [3.8, 4) is 0 Å². The van der Waals surface area contributed by atoms with Crippen LogP contribution >= 0.6 is 0 Å². The zero-order chi connectivity index (χ0) is 16.4. The molecule has 3 unspecified atom stereocenters. The minimum Gasteiger partial charge on any atom is -0.352 e. The van der Waals surface area contributed by atoms with E-state index in [-0.39, 0.29) is 24.1 Å². The molecule has 0 spiro atoms. The molecule has 1 heterocycles. The molecule has 4 heteroatoms. The van der Waals surface area contributed by atoms with Crippen molar-refractivity contribution in [3.63, 3.8) is 0 Å². The summed E-state index contributed by atoms with van der Waals surface area (Å²) >= 11 is 0. The van der Waals surface area contributed by atoms with Crippen molar-refractivity contribution >= 4 is 16.7 Å². The van der Waals surface area contributed by atoms with Crippen molar-refractivity contribution < 1.29 is 4.79 Å². The number of pyridine rings is 1. The van der Waals surface area contributed by atoms with Crippen molar-refractivity contribution in [1.82, 2.24) is 9.88 Å². The van der Waals surface area contributed by atoms with Gasteiger partial charge in [0.25, 0.3) is 5.56 Å². The lowest BCUT2D eigenvalue weighted by Crippen LogP contribution is -2.45. The van der Waals surface area contributed by atoms with Crippen LogP contribution in [0.2, 0.25) is 0 Å². The largest absolute Gasteiger partial charge is 0.352 e. The predicted molar refractivity (Wildman–Crippen MR) is 92.3 cm³/mol. The highest BCUT2D eigenvalue weighted by Crippen LogP contribution is 2.29. The number of nitrogens with zero attached hydrogens (tertiary/aromatic N) is 1. The molecular weight excluding hydrogens is 288 g/mol. The topological polar surface area (TPSA) is 51.1 Å². The fourth-order valence-electron chi connectivity index (χ4n) is 3.55. The van der Waals surface area contributed by atoms with Crippen LogP contribution in [0.3, 0.4) is 0 Å². The molecule has 1 saturated carbocycles. The number of carbonyl (C=O) groups excluding carboxylic acids is 1. The van der Waals surface area contributed by atoms with Crippen LogP contribution in [0.1, 0.15) is 33.1 Å². The van der Waals surface area contributed by atoms with Gasteiger partial charge in [-0.05, 0) is 35.8 Å². The fraction of sp³-hybridized carbons (Fsp3) is 0.474. The number of hydrogen-bond acceptors (Lipinski definition) is 2. The van der Waals surface area contributed by atoms with Crippen molar-refractivity contribution in [1.29, 1.82) is 0 Å². The molecule has 23 heavy (non-hydrogen) atoms. The molecule has 1 aromatic heterocycles. The van der Waals surface area contributed by atoms with Gasteiger partial charge in [-0.25, -0.2) is 0 Å². The molecule has 1 amide bonds. The van der Waals surface area contributed by atoms with E-state index in [1.54, 1.807) is 12.3 Å². The summed E-state index contributed by atoms with van der Waals surface area (Å²) < 4.78 is 1.49. The Balaban J connectivity index is 1.73. The van der Waals surface area contributed by atoms with E-state index in [9.17, 15) is 9.59 Å². The number of fused-ring (bicyclic) bond motifs is 1. The average Bonchev–Trinajstić information content (AvgIpc) is 2.55. The number of nitrogens with one attached hydrogen (secondary N) is 1. The predicted octanol–water partition coefficient (Wildman–Crippen LogP) is 2.94. The van der Waals surface area contributed by atoms with Crippen LogP contribution in [0.15, 0.2) is 41.3 Å². The molecule has 3 atom stereocenters. The number of rotatable bonds is 3. The van der Waals surface area contributed by atoms with Gasteiger partial charge in [-0.2, -0.15) is 0 Å². The SMILES string of the molecule is CC1CCCC(NC(=O)Cn2ccc3ccccc3c2=O)C1C. The van der Waals surface area contributed by atoms with E-state index in [0.717, 1.165) is 18.2 Å².